The number of hydroxylamine groups is 2. The van der Waals surface area contributed by atoms with Crippen molar-refractivity contribution < 1.29 is 9.63 Å². The van der Waals surface area contributed by atoms with Crippen LogP contribution in [0.5, 0.6) is 0 Å². The molecule has 0 saturated carbocycles. The SMILES string of the molecule is [CH+]=C(C)N(OC)C(=O)CC. The lowest BCUT2D eigenvalue weighted by molar-refractivity contribution is -0.165. The molecule has 10 heavy (non-hydrogen) atoms. The molecule has 56 valence electrons. The summed E-state index contributed by atoms with van der Waals surface area (Å²) in [6.45, 7) is 8.68. The minimum atomic E-state index is -0.137. The average Bonchev–Trinajstić information content (AvgIpc) is 1.88. The highest BCUT2D eigenvalue weighted by Crippen LogP contribution is 2.01. The highest BCUT2D eigenvalue weighted by Gasteiger charge is 2.16. The second kappa shape index (κ2) is 3.99. The van der Waals surface area contributed by atoms with E-state index < -0.39 is 0 Å². The second-order valence-electron chi connectivity index (χ2n) is 1.87. The lowest BCUT2D eigenvalue weighted by Crippen LogP contribution is -2.26. The summed E-state index contributed by atoms with van der Waals surface area (Å²) < 4.78 is 0. The van der Waals surface area contributed by atoms with E-state index >= 15 is 0 Å². The van der Waals surface area contributed by atoms with Crippen molar-refractivity contribution in [3.63, 3.8) is 0 Å². The predicted molar refractivity (Wildman–Crippen MR) is 37.6 cm³/mol. The zero-order valence-corrected chi connectivity index (χ0v) is 6.55. The molecular weight excluding hydrogens is 130 g/mol. The van der Waals surface area contributed by atoms with Crippen molar-refractivity contribution in [2.45, 2.75) is 20.3 Å². The highest BCUT2D eigenvalue weighted by molar-refractivity contribution is 5.76. The fourth-order valence-electron chi connectivity index (χ4n) is 0.586. The maximum atomic E-state index is 10.9. The first-order valence-electron chi connectivity index (χ1n) is 3.09. The van der Waals surface area contributed by atoms with Gasteiger partial charge in [0.05, 0.1) is 7.11 Å². The number of amides is 1. The van der Waals surface area contributed by atoms with Crippen molar-refractivity contribution in [2.75, 3.05) is 7.11 Å². The molecular formula is C7H12NO2+. The van der Waals surface area contributed by atoms with Gasteiger partial charge in [-0.1, -0.05) is 6.92 Å². The molecule has 0 fully saturated rings. The molecule has 0 unspecified atom stereocenters. The standard InChI is InChI=1S/C7H12NO2/c1-5-7(9)8(10-4)6(2)3/h2H,5H2,1,3-4H3/q+1. The molecule has 0 heterocycles. The number of hydrogen-bond donors (Lipinski definition) is 0. The number of hydrogen-bond acceptors (Lipinski definition) is 2. The molecule has 0 saturated heterocycles. The van der Waals surface area contributed by atoms with Gasteiger partial charge in [-0.25, -0.2) is 0 Å². The third-order valence-electron chi connectivity index (χ3n) is 1.03. The van der Waals surface area contributed by atoms with Gasteiger partial charge in [0.15, 0.2) is 0 Å². The zero-order chi connectivity index (χ0) is 8.15. The number of carbonyl (C=O) groups is 1. The van der Waals surface area contributed by atoms with Gasteiger partial charge in [-0.05, 0) is 0 Å². The van der Waals surface area contributed by atoms with Crippen molar-refractivity contribution >= 4 is 5.91 Å². The summed E-state index contributed by atoms with van der Waals surface area (Å²) in [6.07, 6.45) is 0.391. The molecule has 0 aliphatic heterocycles. The van der Waals surface area contributed by atoms with Gasteiger partial charge in [0.25, 0.3) is 11.6 Å². The summed E-state index contributed by atoms with van der Waals surface area (Å²) in [7, 11) is 1.41. The summed E-state index contributed by atoms with van der Waals surface area (Å²) in [5.41, 5.74) is 0.356. The Labute approximate surface area is 61.2 Å². The molecule has 0 bridgehead atoms. The van der Waals surface area contributed by atoms with Crippen molar-refractivity contribution in [2.24, 2.45) is 0 Å². The first kappa shape index (κ1) is 9.08. The normalized spacial score (nSPS) is 9.00. The smallest absolute Gasteiger partial charge is 0.272 e. The molecule has 0 spiro atoms. The monoisotopic (exact) mass is 142 g/mol. The summed E-state index contributed by atoms with van der Waals surface area (Å²) in [5.74, 6) is -0.137. The molecule has 0 aliphatic carbocycles. The number of rotatable bonds is 3. The minimum absolute atomic E-state index is 0.137. The van der Waals surface area contributed by atoms with Crippen molar-refractivity contribution in [1.29, 1.82) is 0 Å². The summed E-state index contributed by atoms with van der Waals surface area (Å²) in [6, 6.07) is 0. The quantitative estimate of drug-likeness (QED) is 0.436. The molecule has 3 heteroatoms. The second-order valence-corrected chi connectivity index (χ2v) is 1.87. The Morgan fingerprint density at radius 1 is 1.70 bits per heavy atom. The van der Waals surface area contributed by atoms with E-state index in [1.807, 2.05) is 0 Å². The molecule has 0 aromatic heterocycles. The molecule has 3 nitrogen and oxygen atoms in total. The van der Waals surface area contributed by atoms with Gasteiger partial charge in [-0.3, -0.25) is 9.63 Å². The van der Waals surface area contributed by atoms with E-state index in [9.17, 15) is 4.79 Å². The lowest BCUT2D eigenvalue weighted by atomic mass is 10.4. The molecule has 0 radical (unpaired) electrons. The van der Waals surface area contributed by atoms with E-state index in [1.165, 1.54) is 7.11 Å². The van der Waals surface area contributed by atoms with Crippen LogP contribution in [-0.2, 0) is 9.63 Å². The van der Waals surface area contributed by atoms with Crippen LogP contribution in [0.25, 0.3) is 0 Å². The number of allylic oxidation sites excluding steroid dienone is 1. The van der Waals surface area contributed by atoms with Crippen LogP contribution in [0.2, 0.25) is 0 Å². The average molecular weight is 142 g/mol. The third kappa shape index (κ3) is 2.13. The fourth-order valence-corrected chi connectivity index (χ4v) is 0.586. The summed E-state index contributed by atoms with van der Waals surface area (Å²) in [5, 5.41) is 1.07. The lowest BCUT2D eigenvalue weighted by Gasteiger charge is -2.11. The molecule has 0 aromatic rings. The van der Waals surface area contributed by atoms with Gasteiger partial charge < -0.3 is 0 Å². The molecule has 1 amide bonds. The Balaban J connectivity index is 4.06. The maximum Gasteiger partial charge on any atom is 0.281 e. The van der Waals surface area contributed by atoms with E-state index in [2.05, 4.69) is 4.84 Å². The van der Waals surface area contributed by atoms with Gasteiger partial charge in [0.1, 0.15) is 0 Å². The van der Waals surface area contributed by atoms with Crippen LogP contribution >= 0.6 is 0 Å². The Morgan fingerprint density at radius 2 is 2.20 bits per heavy atom. The Bertz CT molecular complexity index is 143. The molecule has 0 N–H and O–H groups in total. The van der Waals surface area contributed by atoms with Crippen LogP contribution in [0.3, 0.4) is 0 Å². The maximum absolute atomic E-state index is 10.9. The van der Waals surface area contributed by atoms with E-state index in [0.29, 0.717) is 12.1 Å². The van der Waals surface area contributed by atoms with Crippen LogP contribution < -0.4 is 0 Å². The van der Waals surface area contributed by atoms with Gasteiger partial charge >= 0.3 is 0 Å². The Hall–Kier alpha value is -0.920. The largest absolute Gasteiger partial charge is 0.281 e. The van der Waals surface area contributed by atoms with Crippen molar-refractivity contribution in [1.82, 2.24) is 5.06 Å². The van der Waals surface area contributed by atoms with E-state index in [-0.39, 0.29) is 5.91 Å². The van der Waals surface area contributed by atoms with Crippen LogP contribution in [0, 0.1) is 6.58 Å². The molecule has 0 atom stereocenters. The molecule has 0 aliphatic rings. The molecule has 0 rings (SSSR count). The zero-order valence-electron chi connectivity index (χ0n) is 6.55. The van der Waals surface area contributed by atoms with Gasteiger partial charge in [-0.15, -0.1) is 5.06 Å². The number of carbonyl (C=O) groups excluding carboxylic acids is 1. The van der Waals surface area contributed by atoms with Crippen molar-refractivity contribution in [3.05, 3.63) is 12.3 Å². The number of nitrogens with zero attached hydrogens (tertiary/aromatic N) is 1. The first-order chi connectivity index (χ1) is 4.63. The predicted octanol–water partition coefficient (Wildman–Crippen LogP) is 1.12. The van der Waals surface area contributed by atoms with E-state index in [4.69, 9.17) is 6.58 Å². The van der Waals surface area contributed by atoms with Crippen LogP contribution in [-0.4, -0.2) is 18.1 Å². The van der Waals surface area contributed by atoms with E-state index in [0.717, 1.165) is 5.06 Å². The topological polar surface area (TPSA) is 29.5 Å². The van der Waals surface area contributed by atoms with Crippen LogP contribution in [0.15, 0.2) is 5.70 Å². The van der Waals surface area contributed by atoms with Gasteiger partial charge in [0.2, 0.25) is 6.58 Å². The van der Waals surface area contributed by atoms with Crippen LogP contribution in [0.1, 0.15) is 20.3 Å². The Morgan fingerprint density at radius 3 is 2.30 bits per heavy atom. The van der Waals surface area contributed by atoms with Crippen molar-refractivity contribution in [3.8, 4) is 0 Å². The Kier molecular flexibility index (Phi) is 3.62. The minimum Gasteiger partial charge on any atom is -0.272 e. The highest BCUT2D eigenvalue weighted by atomic mass is 16.7. The van der Waals surface area contributed by atoms with Gasteiger partial charge in [-0.2, -0.15) is 0 Å². The van der Waals surface area contributed by atoms with E-state index in [1.54, 1.807) is 13.8 Å². The van der Waals surface area contributed by atoms with Gasteiger partial charge in [0, 0.05) is 13.3 Å². The summed E-state index contributed by atoms with van der Waals surface area (Å²) in [4.78, 5) is 15.6. The fraction of sp³-hybridized carbons (Fsp3) is 0.571. The van der Waals surface area contributed by atoms with Crippen LogP contribution in [0.4, 0.5) is 0 Å². The molecule has 0 aromatic carbocycles. The third-order valence-corrected chi connectivity index (χ3v) is 1.03. The first-order valence-corrected chi connectivity index (χ1v) is 3.09. The summed E-state index contributed by atoms with van der Waals surface area (Å²) >= 11 is 0.